The van der Waals surface area contributed by atoms with Crippen LogP contribution in [0, 0.1) is 5.82 Å². The van der Waals surface area contributed by atoms with Crippen molar-refractivity contribution in [2.24, 2.45) is 0 Å². The van der Waals surface area contributed by atoms with Gasteiger partial charge >= 0.3 is 0 Å². The first-order chi connectivity index (χ1) is 15.1. The number of fused-ring (bicyclic) bond motifs is 1. The zero-order chi connectivity index (χ0) is 21.8. The highest BCUT2D eigenvalue weighted by molar-refractivity contribution is 7.99. The van der Waals surface area contributed by atoms with Gasteiger partial charge in [0, 0.05) is 28.5 Å². The fraction of sp³-hybridized carbons (Fsp3) is 0.292. The highest BCUT2D eigenvalue weighted by Gasteiger charge is 2.33. The fourth-order valence-corrected chi connectivity index (χ4v) is 5.65. The Bertz CT molecular complexity index is 1050. The van der Waals surface area contributed by atoms with Crippen LogP contribution in [0.15, 0.2) is 58.8 Å². The number of methoxy groups -OCH3 is 2. The van der Waals surface area contributed by atoms with Crippen LogP contribution in [-0.4, -0.2) is 37.3 Å². The Kier molecular flexibility index (Phi) is 6.83. The van der Waals surface area contributed by atoms with Gasteiger partial charge in [-0.05, 0) is 53.3 Å². The largest absolute Gasteiger partial charge is 0.493 e. The quantitative estimate of drug-likeness (QED) is 0.436. The Labute approximate surface area is 190 Å². The Morgan fingerprint density at radius 1 is 1.16 bits per heavy atom. The molecule has 2 aromatic carbocycles. The van der Waals surface area contributed by atoms with Gasteiger partial charge in [-0.25, -0.2) is 4.39 Å². The summed E-state index contributed by atoms with van der Waals surface area (Å²) in [5.74, 6) is 1.72. The van der Waals surface area contributed by atoms with Gasteiger partial charge < -0.3 is 14.4 Å². The first kappa shape index (κ1) is 21.7. The van der Waals surface area contributed by atoms with Crippen molar-refractivity contribution in [3.63, 3.8) is 0 Å². The summed E-state index contributed by atoms with van der Waals surface area (Å²) in [5, 5.41) is 2.03. The smallest absolute Gasteiger partial charge is 0.224 e. The minimum absolute atomic E-state index is 0.0719. The molecule has 2 heterocycles. The maximum atomic E-state index is 13.9. The standard InChI is InChI=1S/C24H24FNO3S2/c1-28-19-14-16-9-11-26(23(27)10-13-31-21-7-4-3-6-18(21)25)24(22-8-5-12-30-22)17(16)15-20(19)29-2/h3-8,12,14-15,24H,9-11,13H2,1-2H3. The molecule has 3 aromatic rings. The van der Waals surface area contributed by atoms with Crippen molar-refractivity contribution in [1.82, 2.24) is 4.90 Å². The van der Waals surface area contributed by atoms with E-state index < -0.39 is 0 Å². The molecule has 7 heteroatoms. The molecule has 0 fully saturated rings. The van der Waals surface area contributed by atoms with Gasteiger partial charge in [-0.1, -0.05) is 18.2 Å². The van der Waals surface area contributed by atoms with Gasteiger partial charge in [-0.2, -0.15) is 0 Å². The Morgan fingerprint density at radius 2 is 1.94 bits per heavy atom. The van der Waals surface area contributed by atoms with Crippen LogP contribution in [0.2, 0.25) is 0 Å². The summed E-state index contributed by atoms with van der Waals surface area (Å²) in [6, 6.07) is 14.6. The molecule has 0 spiro atoms. The molecular weight excluding hydrogens is 433 g/mol. The summed E-state index contributed by atoms with van der Waals surface area (Å²) in [7, 11) is 3.25. The number of ether oxygens (including phenoxy) is 2. The number of carbonyl (C=O) groups excluding carboxylic acids is 1. The van der Waals surface area contributed by atoms with E-state index in [9.17, 15) is 9.18 Å². The van der Waals surface area contributed by atoms with E-state index in [1.54, 1.807) is 37.7 Å². The molecule has 0 aliphatic carbocycles. The second kappa shape index (κ2) is 9.75. The zero-order valence-corrected chi connectivity index (χ0v) is 19.1. The molecule has 0 radical (unpaired) electrons. The third-order valence-electron chi connectivity index (χ3n) is 5.42. The number of thiophene rings is 1. The first-order valence-corrected chi connectivity index (χ1v) is 11.9. The number of halogens is 1. The summed E-state index contributed by atoms with van der Waals surface area (Å²) in [4.78, 5) is 16.9. The molecule has 1 aromatic heterocycles. The van der Waals surface area contributed by atoms with Crippen LogP contribution in [0.25, 0.3) is 0 Å². The van der Waals surface area contributed by atoms with Gasteiger partial charge in [0.1, 0.15) is 5.82 Å². The van der Waals surface area contributed by atoms with E-state index in [4.69, 9.17) is 9.47 Å². The summed E-state index contributed by atoms with van der Waals surface area (Å²) in [6.07, 6.45) is 1.10. The van der Waals surface area contributed by atoms with Crippen molar-refractivity contribution in [3.8, 4) is 11.5 Å². The SMILES string of the molecule is COc1cc2c(cc1OC)C(c1cccs1)N(C(=O)CCSc1ccccc1F)CC2. The summed E-state index contributed by atoms with van der Waals surface area (Å²) in [6.45, 7) is 0.633. The lowest BCUT2D eigenvalue weighted by Gasteiger charge is -2.37. The van der Waals surface area contributed by atoms with Crippen LogP contribution in [0.4, 0.5) is 4.39 Å². The Hall–Kier alpha value is -2.51. The van der Waals surface area contributed by atoms with E-state index in [0.717, 1.165) is 16.9 Å². The van der Waals surface area contributed by atoms with Gasteiger partial charge in [-0.15, -0.1) is 23.1 Å². The van der Waals surface area contributed by atoms with Crippen molar-refractivity contribution in [2.75, 3.05) is 26.5 Å². The second-order valence-electron chi connectivity index (χ2n) is 7.19. The van der Waals surface area contributed by atoms with E-state index in [2.05, 4.69) is 6.07 Å². The summed E-state index contributed by atoms with van der Waals surface area (Å²) >= 11 is 3.02. The molecule has 0 N–H and O–H groups in total. The Balaban J connectivity index is 1.57. The van der Waals surface area contributed by atoms with E-state index in [1.807, 2.05) is 34.5 Å². The van der Waals surface area contributed by atoms with Gasteiger partial charge in [-0.3, -0.25) is 4.79 Å². The van der Waals surface area contributed by atoms with E-state index in [1.165, 1.54) is 23.4 Å². The predicted molar refractivity (Wildman–Crippen MR) is 123 cm³/mol. The average Bonchev–Trinajstić information content (AvgIpc) is 3.33. The number of benzene rings is 2. The zero-order valence-electron chi connectivity index (χ0n) is 17.5. The van der Waals surface area contributed by atoms with Crippen LogP contribution in [0.5, 0.6) is 11.5 Å². The van der Waals surface area contributed by atoms with Gasteiger partial charge in [0.2, 0.25) is 5.91 Å². The summed E-state index contributed by atoms with van der Waals surface area (Å²) in [5.41, 5.74) is 2.24. The third-order valence-corrected chi connectivity index (χ3v) is 7.39. The van der Waals surface area contributed by atoms with Gasteiger partial charge in [0.25, 0.3) is 0 Å². The van der Waals surface area contributed by atoms with Crippen LogP contribution in [0.1, 0.15) is 28.5 Å². The minimum atomic E-state index is -0.246. The normalized spacial score (nSPS) is 15.5. The third kappa shape index (κ3) is 4.57. The van der Waals surface area contributed by atoms with E-state index >= 15 is 0 Å². The van der Waals surface area contributed by atoms with E-state index in [0.29, 0.717) is 35.1 Å². The van der Waals surface area contributed by atoms with Gasteiger partial charge in [0.15, 0.2) is 11.5 Å². The fourth-order valence-electron chi connectivity index (χ4n) is 3.92. The maximum absolute atomic E-state index is 13.9. The molecule has 31 heavy (non-hydrogen) atoms. The van der Waals surface area contributed by atoms with Crippen LogP contribution >= 0.6 is 23.1 Å². The van der Waals surface area contributed by atoms with Crippen molar-refractivity contribution >= 4 is 29.0 Å². The highest BCUT2D eigenvalue weighted by atomic mass is 32.2. The number of rotatable bonds is 7. The molecule has 4 rings (SSSR count). The maximum Gasteiger partial charge on any atom is 0.224 e. The van der Waals surface area contributed by atoms with Crippen molar-refractivity contribution in [1.29, 1.82) is 0 Å². The second-order valence-corrected chi connectivity index (χ2v) is 9.31. The van der Waals surface area contributed by atoms with Crippen LogP contribution in [0.3, 0.4) is 0 Å². The number of carbonyl (C=O) groups is 1. The molecule has 0 bridgehead atoms. The number of amides is 1. The van der Waals surface area contributed by atoms with Crippen molar-refractivity contribution < 1.29 is 18.7 Å². The van der Waals surface area contributed by atoms with E-state index in [-0.39, 0.29) is 17.8 Å². The predicted octanol–water partition coefficient (Wildman–Crippen LogP) is 5.56. The monoisotopic (exact) mass is 457 g/mol. The lowest BCUT2D eigenvalue weighted by molar-refractivity contribution is -0.132. The minimum Gasteiger partial charge on any atom is -0.493 e. The van der Waals surface area contributed by atoms with Gasteiger partial charge in [0.05, 0.1) is 20.3 Å². The number of thioether (sulfide) groups is 1. The Morgan fingerprint density at radius 3 is 2.65 bits per heavy atom. The molecule has 0 saturated heterocycles. The number of nitrogens with zero attached hydrogens (tertiary/aromatic N) is 1. The van der Waals surface area contributed by atoms with Crippen LogP contribution < -0.4 is 9.47 Å². The molecule has 1 aliphatic rings. The molecule has 0 saturated carbocycles. The lowest BCUT2D eigenvalue weighted by atomic mass is 9.90. The van der Waals surface area contributed by atoms with Crippen molar-refractivity contribution in [2.45, 2.75) is 23.8 Å². The number of hydrogen-bond acceptors (Lipinski definition) is 5. The average molecular weight is 458 g/mol. The highest BCUT2D eigenvalue weighted by Crippen LogP contribution is 2.42. The molecule has 4 nitrogen and oxygen atoms in total. The molecule has 162 valence electrons. The van der Waals surface area contributed by atoms with Crippen molar-refractivity contribution in [3.05, 3.63) is 75.7 Å². The molecule has 1 aliphatic heterocycles. The lowest BCUT2D eigenvalue weighted by Crippen LogP contribution is -2.40. The first-order valence-electron chi connectivity index (χ1n) is 10.1. The molecular formula is C24H24FNO3S2. The topological polar surface area (TPSA) is 38.8 Å². The van der Waals surface area contributed by atoms with Crippen LogP contribution in [-0.2, 0) is 11.2 Å². The number of hydrogen-bond donors (Lipinski definition) is 0. The molecule has 1 amide bonds. The summed E-state index contributed by atoms with van der Waals surface area (Å²) < 4.78 is 24.9. The molecule has 1 atom stereocenters. The molecule has 1 unspecified atom stereocenters.